The molecule has 0 saturated carbocycles. The highest BCUT2D eigenvalue weighted by molar-refractivity contribution is 6.17. The second-order valence-electron chi connectivity index (χ2n) is 4.19. The van der Waals surface area contributed by atoms with Gasteiger partial charge in [0.15, 0.2) is 0 Å². The summed E-state index contributed by atoms with van der Waals surface area (Å²) in [5.74, 6) is 0. The third-order valence-electron chi connectivity index (χ3n) is 3.18. The van der Waals surface area contributed by atoms with Gasteiger partial charge in [0.05, 0.1) is 5.52 Å². The molecule has 3 aromatic heterocycles. The van der Waals surface area contributed by atoms with Crippen LogP contribution >= 0.6 is 0 Å². The number of aromatic nitrogens is 3. The molecule has 4 nitrogen and oxygen atoms in total. The number of hydrogen-bond acceptors (Lipinski definition) is 4. The van der Waals surface area contributed by atoms with Crippen molar-refractivity contribution in [1.82, 2.24) is 15.0 Å². The van der Waals surface area contributed by atoms with E-state index in [1.165, 1.54) is 0 Å². The fourth-order valence-corrected chi connectivity index (χ4v) is 2.35. The highest BCUT2D eigenvalue weighted by atomic mass is 16.1. The Balaban J connectivity index is 2.47. The number of fused-ring (bicyclic) bond motifs is 2. The minimum atomic E-state index is -0.284. The number of hydrogen-bond donors (Lipinski definition) is 0. The van der Waals surface area contributed by atoms with Crippen LogP contribution in [0.1, 0.15) is 0 Å². The fourth-order valence-electron chi connectivity index (χ4n) is 2.35. The van der Waals surface area contributed by atoms with Crippen LogP contribution in [-0.4, -0.2) is 15.0 Å². The maximum atomic E-state index is 11.7. The molecular formula is C14H7N3O. The molecule has 0 amide bonds. The molecule has 1 aromatic carbocycles. The first-order valence-electron chi connectivity index (χ1n) is 5.59. The van der Waals surface area contributed by atoms with Crippen molar-refractivity contribution < 1.29 is 0 Å². The molecule has 0 N–H and O–H groups in total. The quantitative estimate of drug-likeness (QED) is 0.467. The number of benzene rings is 1. The summed E-state index contributed by atoms with van der Waals surface area (Å²) in [6.07, 6.45) is 5.03. The molecule has 0 spiro atoms. The predicted molar refractivity (Wildman–Crippen MR) is 69.8 cm³/mol. The zero-order valence-electron chi connectivity index (χ0n) is 9.29. The fraction of sp³-hybridized carbons (Fsp3) is 0. The van der Waals surface area contributed by atoms with Gasteiger partial charge in [-0.25, -0.2) is 9.97 Å². The second kappa shape index (κ2) is 3.20. The van der Waals surface area contributed by atoms with Gasteiger partial charge in [0.1, 0.15) is 5.52 Å². The Kier molecular flexibility index (Phi) is 1.67. The van der Waals surface area contributed by atoms with Crippen molar-refractivity contribution in [2.24, 2.45) is 0 Å². The average molecular weight is 233 g/mol. The first kappa shape index (κ1) is 9.41. The van der Waals surface area contributed by atoms with Gasteiger partial charge in [0.25, 0.3) is 5.56 Å². The molecular weight excluding hydrogens is 226 g/mol. The smallest absolute Gasteiger partial charge is 0.265 e. The first-order valence-corrected chi connectivity index (χ1v) is 5.59. The molecule has 0 saturated heterocycles. The normalized spacial score (nSPS) is 11.6. The van der Waals surface area contributed by atoms with E-state index in [1.807, 2.05) is 24.3 Å². The lowest BCUT2D eigenvalue weighted by atomic mass is 10.1. The van der Waals surface area contributed by atoms with Gasteiger partial charge in [-0.15, -0.1) is 0 Å². The maximum Gasteiger partial charge on any atom is 0.296 e. The van der Waals surface area contributed by atoms with E-state index in [4.69, 9.17) is 0 Å². The molecule has 18 heavy (non-hydrogen) atoms. The lowest BCUT2D eigenvalue weighted by Gasteiger charge is -1.91. The van der Waals surface area contributed by atoms with Gasteiger partial charge in [0.2, 0.25) is 0 Å². The largest absolute Gasteiger partial charge is 0.296 e. The van der Waals surface area contributed by atoms with E-state index < -0.39 is 0 Å². The third kappa shape index (κ3) is 1.09. The van der Waals surface area contributed by atoms with Crippen molar-refractivity contribution in [2.75, 3.05) is 0 Å². The van der Waals surface area contributed by atoms with Crippen LogP contribution in [0.4, 0.5) is 0 Å². The summed E-state index contributed by atoms with van der Waals surface area (Å²) < 4.78 is 0. The van der Waals surface area contributed by atoms with Crippen LogP contribution in [-0.2, 0) is 0 Å². The average Bonchev–Trinajstić information content (AvgIpc) is 2.77. The van der Waals surface area contributed by atoms with E-state index in [1.54, 1.807) is 18.6 Å². The Morgan fingerprint density at radius 2 is 1.67 bits per heavy atom. The number of nitrogens with zero attached hydrogens (tertiary/aromatic N) is 3. The molecule has 84 valence electrons. The Morgan fingerprint density at radius 3 is 2.61 bits per heavy atom. The molecule has 0 radical (unpaired) electrons. The van der Waals surface area contributed by atoms with Crippen molar-refractivity contribution in [2.45, 2.75) is 0 Å². The Morgan fingerprint density at radius 1 is 0.833 bits per heavy atom. The summed E-state index contributed by atoms with van der Waals surface area (Å²) in [5, 5.41) is 3.64. The van der Waals surface area contributed by atoms with Crippen molar-refractivity contribution in [3.8, 4) is 0 Å². The van der Waals surface area contributed by atoms with E-state index in [2.05, 4.69) is 15.0 Å². The van der Waals surface area contributed by atoms with E-state index >= 15 is 0 Å². The number of pyridine rings is 1. The van der Waals surface area contributed by atoms with Crippen LogP contribution in [0.3, 0.4) is 0 Å². The first-order chi connectivity index (χ1) is 8.84. The SMILES string of the molecule is O=c1ncc2cnc3ccccc3c3cnc1c23. The van der Waals surface area contributed by atoms with Crippen LogP contribution in [0.2, 0.25) is 0 Å². The number of rotatable bonds is 0. The summed E-state index contributed by atoms with van der Waals surface area (Å²) in [4.78, 5) is 24.1. The molecule has 0 aliphatic heterocycles. The van der Waals surface area contributed by atoms with Gasteiger partial charge in [-0.05, 0) is 6.07 Å². The van der Waals surface area contributed by atoms with Crippen LogP contribution < -0.4 is 5.56 Å². The Bertz CT molecular complexity index is 949. The van der Waals surface area contributed by atoms with Crippen molar-refractivity contribution in [3.63, 3.8) is 0 Å². The standard InChI is InChI=1S/C14H7N3O/c18-14-13-12-8(6-17-14)5-15-11-4-2-1-3-9(11)10(12)7-16-13/h1-7H. The van der Waals surface area contributed by atoms with Crippen LogP contribution in [0.25, 0.3) is 32.6 Å². The molecule has 4 heteroatoms. The van der Waals surface area contributed by atoms with Crippen LogP contribution in [0, 0.1) is 0 Å². The zero-order chi connectivity index (χ0) is 12.1. The molecule has 0 bridgehead atoms. The van der Waals surface area contributed by atoms with Gasteiger partial charge in [0, 0.05) is 40.1 Å². The van der Waals surface area contributed by atoms with Gasteiger partial charge >= 0.3 is 0 Å². The van der Waals surface area contributed by atoms with Crippen LogP contribution in [0.5, 0.6) is 0 Å². The summed E-state index contributed by atoms with van der Waals surface area (Å²) in [7, 11) is 0. The molecule has 0 aliphatic rings. The molecule has 4 aromatic rings. The molecule has 0 atom stereocenters. The zero-order valence-corrected chi connectivity index (χ0v) is 9.29. The highest BCUT2D eigenvalue weighted by Gasteiger charge is 2.10. The second-order valence-corrected chi connectivity index (χ2v) is 4.19. The topological polar surface area (TPSA) is 55.7 Å². The summed E-state index contributed by atoms with van der Waals surface area (Å²) in [6.45, 7) is 0. The maximum absolute atomic E-state index is 11.7. The van der Waals surface area contributed by atoms with Gasteiger partial charge < -0.3 is 0 Å². The van der Waals surface area contributed by atoms with Crippen molar-refractivity contribution >= 4 is 32.6 Å². The highest BCUT2D eigenvalue weighted by Crippen LogP contribution is 2.27. The number of para-hydroxylation sites is 1. The summed E-state index contributed by atoms with van der Waals surface area (Å²) in [5.41, 5.74) is 1.02. The lowest BCUT2D eigenvalue weighted by Crippen LogP contribution is -2.04. The minimum Gasteiger partial charge on any atom is -0.265 e. The summed E-state index contributed by atoms with van der Waals surface area (Å²) >= 11 is 0. The molecule has 4 rings (SSSR count). The summed E-state index contributed by atoms with van der Waals surface area (Å²) in [6, 6.07) is 7.83. The molecule has 0 unspecified atom stereocenters. The van der Waals surface area contributed by atoms with Crippen molar-refractivity contribution in [1.29, 1.82) is 0 Å². The molecule has 3 heterocycles. The van der Waals surface area contributed by atoms with Crippen LogP contribution in [0.15, 0.2) is 47.7 Å². The van der Waals surface area contributed by atoms with Crippen molar-refractivity contribution in [3.05, 3.63) is 53.2 Å². The van der Waals surface area contributed by atoms with Gasteiger partial charge in [-0.3, -0.25) is 9.78 Å². The third-order valence-corrected chi connectivity index (χ3v) is 3.18. The van der Waals surface area contributed by atoms with E-state index in [-0.39, 0.29) is 5.56 Å². The van der Waals surface area contributed by atoms with Gasteiger partial charge in [-0.1, -0.05) is 18.2 Å². The van der Waals surface area contributed by atoms with E-state index in [0.717, 1.165) is 27.1 Å². The molecule has 0 fully saturated rings. The minimum absolute atomic E-state index is 0.284. The van der Waals surface area contributed by atoms with E-state index in [0.29, 0.717) is 5.52 Å². The van der Waals surface area contributed by atoms with Gasteiger partial charge in [-0.2, -0.15) is 0 Å². The monoisotopic (exact) mass is 233 g/mol. The Labute approximate surface area is 101 Å². The lowest BCUT2D eigenvalue weighted by molar-refractivity contribution is 1.26. The molecule has 0 aliphatic carbocycles. The Hall–Kier alpha value is -2.62. The van der Waals surface area contributed by atoms with E-state index in [9.17, 15) is 4.79 Å². The predicted octanol–water partition coefficient (Wildman–Crippen LogP) is 2.13.